The highest BCUT2D eigenvalue weighted by Gasteiger charge is 2.09. The number of hydrogen-bond acceptors (Lipinski definition) is 2. The quantitative estimate of drug-likeness (QED) is 0.776. The molecule has 0 atom stereocenters. The number of nitrogens with zero attached hydrogens (tertiary/aromatic N) is 1. The Hall–Kier alpha value is -2.26. The van der Waals surface area contributed by atoms with Gasteiger partial charge in [-0.1, -0.05) is 37.3 Å². The second kappa shape index (κ2) is 6.02. The van der Waals surface area contributed by atoms with E-state index in [-0.39, 0.29) is 5.82 Å². The molecule has 3 rings (SSSR count). The molecule has 0 saturated carbocycles. The van der Waals surface area contributed by atoms with Crippen LogP contribution in [-0.2, 0) is 6.54 Å². The van der Waals surface area contributed by atoms with E-state index in [1.807, 2.05) is 49.4 Å². The fraction of sp³-hybridized carbons (Fsp3) is 0.167. The Morgan fingerprint density at radius 1 is 1.05 bits per heavy atom. The molecule has 2 nitrogen and oxygen atoms in total. The van der Waals surface area contributed by atoms with Crippen molar-refractivity contribution in [3.05, 3.63) is 66.1 Å². The number of fused-ring (bicyclic) bond motifs is 1. The average Bonchev–Trinajstić information content (AvgIpc) is 2.53. The molecule has 2 aromatic carbocycles. The van der Waals surface area contributed by atoms with Crippen molar-refractivity contribution < 1.29 is 4.39 Å². The maximum atomic E-state index is 14.4. The van der Waals surface area contributed by atoms with Crippen LogP contribution < -0.4 is 5.32 Å². The lowest BCUT2D eigenvalue weighted by Gasteiger charge is -2.09. The molecule has 0 aliphatic rings. The van der Waals surface area contributed by atoms with Gasteiger partial charge in [0.05, 0.1) is 5.52 Å². The average molecular weight is 280 g/mol. The summed E-state index contributed by atoms with van der Waals surface area (Å²) >= 11 is 0. The zero-order valence-electron chi connectivity index (χ0n) is 11.9. The van der Waals surface area contributed by atoms with Crippen molar-refractivity contribution >= 4 is 10.9 Å². The topological polar surface area (TPSA) is 24.9 Å². The molecule has 3 heteroatoms. The van der Waals surface area contributed by atoms with Crippen molar-refractivity contribution in [3.63, 3.8) is 0 Å². The first-order chi connectivity index (χ1) is 10.3. The third-order valence-electron chi connectivity index (χ3n) is 3.55. The molecular weight excluding hydrogens is 263 g/mol. The lowest BCUT2D eigenvalue weighted by molar-refractivity contribution is 0.625. The van der Waals surface area contributed by atoms with Gasteiger partial charge < -0.3 is 5.32 Å². The molecule has 0 aliphatic heterocycles. The Kier molecular flexibility index (Phi) is 3.93. The smallest absolute Gasteiger partial charge is 0.131 e. The Morgan fingerprint density at radius 3 is 2.76 bits per heavy atom. The second-order valence-corrected chi connectivity index (χ2v) is 4.97. The fourth-order valence-corrected chi connectivity index (χ4v) is 2.49. The van der Waals surface area contributed by atoms with E-state index in [1.165, 1.54) is 0 Å². The predicted octanol–water partition coefficient (Wildman–Crippen LogP) is 4.15. The number of halogens is 1. The highest BCUT2D eigenvalue weighted by molar-refractivity contribution is 5.94. The summed E-state index contributed by atoms with van der Waals surface area (Å²) in [6, 6.07) is 15.1. The lowest BCUT2D eigenvalue weighted by Crippen LogP contribution is -2.11. The SMILES string of the molecule is CCNCc1ccc(-c2cccc3ncccc23)c(F)c1. The van der Waals surface area contributed by atoms with Gasteiger partial charge in [-0.15, -0.1) is 0 Å². The lowest BCUT2D eigenvalue weighted by atomic mass is 9.99. The molecule has 0 unspecified atom stereocenters. The number of rotatable bonds is 4. The van der Waals surface area contributed by atoms with Crippen molar-refractivity contribution in [1.29, 1.82) is 0 Å². The van der Waals surface area contributed by atoms with Crippen LogP contribution in [-0.4, -0.2) is 11.5 Å². The number of nitrogens with one attached hydrogen (secondary N) is 1. The molecule has 106 valence electrons. The molecule has 21 heavy (non-hydrogen) atoms. The first-order valence-electron chi connectivity index (χ1n) is 7.13. The molecule has 0 saturated heterocycles. The number of hydrogen-bond donors (Lipinski definition) is 1. The van der Waals surface area contributed by atoms with Gasteiger partial charge in [-0.3, -0.25) is 4.98 Å². The third-order valence-corrected chi connectivity index (χ3v) is 3.55. The van der Waals surface area contributed by atoms with Gasteiger partial charge in [0.1, 0.15) is 5.82 Å². The van der Waals surface area contributed by atoms with E-state index >= 15 is 0 Å². The van der Waals surface area contributed by atoms with Crippen LogP contribution in [0.2, 0.25) is 0 Å². The third kappa shape index (κ3) is 2.78. The molecule has 0 bridgehead atoms. The molecule has 0 aliphatic carbocycles. The fourth-order valence-electron chi connectivity index (χ4n) is 2.49. The van der Waals surface area contributed by atoms with Gasteiger partial charge in [-0.05, 0) is 35.9 Å². The monoisotopic (exact) mass is 280 g/mol. The first-order valence-corrected chi connectivity index (χ1v) is 7.13. The van der Waals surface area contributed by atoms with Crippen LogP contribution in [0.3, 0.4) is 0 Å². The molecule has 3 aromatic rings. The summed E-state index contributed by atoms with van der Waals surface area (Å²) in [5, 5.41) is 4.17. The molecule has 0 radical (unpaired) electrons. The predicted molar refractivity (Wildman–Crippen MR) is 84.5 cm³/mol. The van der Waals surface area contributed by atoms with Gasteiger partial charge in [0.2, 0.25) is 0 Å². The van der Waals surface area contributed by atoms with Crippen molar-refractivity contribution in [2.45, 2.75) is 13.5 Å². The molecule has 1 heterocycles. The van der Waals surface area contributed by atoms with Crippen LogP contribution in [0, 0.1) is 5.82 Å². The molecule has 0 spiro atoms. The van der Waals surface area contributed by atoms with Crippen LogP contribution >= 0.6 is 0 Å². The summed E-state index contributed by atoms with van der Waals surface area (Å²) in [4.78, 5) is 4.32. The first kappa shape index (κ1) is 13.7. The Bertz CT molecular complexity index is 763. The Labute approximate surface area is 123 Å². The zero-order valence-corrected chi connectivity index (χ0v) is 11.9. The van der Waals surface area contributed by atoms with E-state index in [0.29, 0.717) is 12.1 Å². The number of pyridine rings is 1. The molecule has 1 N–H and O–H groups in total. The van der Waals surface area contributed by atoms with Gasteiger partial charge in [-0.25, -0.2) is 4.39 Å². The summed E-state index contributed by atoms with van der Waals surface area (Å²) in [5.41, 5.74) is 3.34. The summed E-state index contributed by atoms with van der Waals surface area (Å²) in [5.74, 6) is -0.193. The minimum absolute atomic E-state index is 0.193. The van der Waals surface area contributed by atoms with Crippen molar-refractivity contribution in [1.82, 2.24) is 10.3 Å². The highest BCUT2D eigenvalue weighted by atomic mass is 19.1. The largest absolute Gasteiger partial charge is 0.313 e. The van der Waals surface area contributed by atoms with Crippen molar-refractivity contribution in [2.24, 2.45) is 0 Å². The van der Waals surface area contributed by atoms with Crippen LogP contribution in [0.4, 0.5) is 4.39 Å². The molecule has 0 amide bonds. The minimum atomic E-state index is -0.193. The summed E-state index contributed by atoms with van der Waals surface area (Å²) in [6.45, 7) is 3.59. The minimum Gasteiger partial charge on any atom is -0.313 e. The van der Waals surface area contributed by atoms with Gasteiger partial charge >= 0.3 is 0 Å². The highest BCUT2D eigenvalue weighted by Crippen LogP contribution is 2.30. The van der Waals surface area contributed by atoms with E-state index in [4.69, 9.17) is 0 Å². The number of benzene rings is 2. The van der Waals surface area contributed by atoms with E-state index < -0.39 is 0 Å². The van der Waals surface area contributed by atoms with Crippen molar-refractivity contribution in [3.8, 4) is 11.1 Å². The van der Waals surface area contributed by atoms with E-state index in [9.17, 15) is 4.39 Å². The van der Waals surface area contributed by atoms with Gasteiger partial charge in [0, 0.05) is 23.7 Å². The van der Waals surface area contributed by atoms with Gasteiger partial charge in [0.25, 0.3) is 0 Å². The van der Waals surface area contributed by atoms with E-state index in [2.05, 4.69) is 10.3 Å². The Morgan fingerprint density at radius 2 is 1.95 bits per heavy atom. The van der Waals surface area contributed by atoms with E-state index in [0.717, 1.165) is 28.6 Å². The number of aromatic nitrogens is 1. The normalized spacial score (nSPS) is 11.0. The van der Waals surface area contributed by atoms with Gasteiger partial charge in [0.15, 0.2) is 0 Å². The molecular formula is C18H17FN2. The summed E-state index contributed by atoms with van der Waals surface area (Å²) in [7, 11) is 0. The van der Waals surface area contributed by atoms with Crippen LogP contribution in [0.25, 0.3) is 22.0 Å². The second-order valence-electron chi connectivity index (χ2n) is 4.97. The van der Waals surface area contributed by atoms with Crippen LogP contribution in [0.5, 0.6) is 0 Å². The zero-order chi connectivity index (χ0) is 14.7. The summed E-state index contributed by atoms with van der Waals surface area (Å²) < 4.78 is 14.4. The Balaban J connectivity index is 2.06. The maximum absolute atomic E-state index is 14.4. The van der Waals surface area contributed by atoms with Crippen LogP contribution in [0.1, 0.15) is 12.5 Å². The van der Waals surface area contributed by atoms with E-state index in [1.54, 1.807) is 12.3 Å². The van der Waals surface area contributed by atoms with Gasteiger partial charge in [-0.2, -0.15) is 0 Å². The van der Waals surface area contributed by atoms with Crippen LogP contribution in [0.15, 0.2) is 54.7 Å². The molecule has 0 fully saturated rings. The standard InChI is InChI=1S/C18H17FN2/c1-2-20-12-13-8-9-15(17(19)11-13)14-5-3-7-18-16(14)6-4-10-21-18/h3-11,20H,2,12H2,1H3. The van der Waals surface area contributed by atoms with Crippen molar-refractivity contribution in [2.75, 3.05) is 6.54 Å². The summed E-state index contributed by atoms with van der Waals surface area (Å²) in [6.07, 6.45) is 1.75. The maximum Gasteiger partial charge on any atom is 0.131 e. The molecule has 1 aromatic heterocycles.